The first kappa shape index (κ1) is 17.7. The summed E-state index contributed by atoms with van der Waals surface area (Å²) in [6.45, 7) is 8.08. The molecule has 0 aliphatic heterocycles. The lowest BCUT2D eigenvalue weighted by atomic mass is 10.1. The predicted octanol–water partition coefficient (Wildman–Crippen LogP) is 1.96. The molecule has 0 unspecified atom stereocenters. The van der Waals surface area contributed by atoms with Crippen LogP contribution >= 0.6 is 12.4 Å². The van der Waals surface area contributed by atoms with Crippen LogP contribution in [-0.2, 0) is 4.79 Å². The molecule has 0 aliphatic carbocycles. The number of para-hydroxylation sites is 1. The number of benzene rings is 1. The van der Waals surface area contributed by atoms with E-state index >= 15 is 0 Å². The van der Waals surface area contributed by atoms with Crippen molar-refractivity contribution < 1.29 is 9.53 Å². The standard InChI is InChI=1S/C14H22N2O2.ClH/c1-10-6-5-7-11(2)13(10)18-8-12(17)16-14(3,4)9-15;/h5-7H,8-9,15H2,1-4H3,(H,16,17);1H. The van der Waals surface area contributed by atoms with Gasteiger partial charge in [0.05, 0.1) is 0 Å². The average Bonchev–Trinajstić information content (AvgIpc) is 2.28. The van der Waals surface area contributed by atoms with E-state index in [4.69, 9.17) is 10.5 Å². The van der Waals surface area contributed by atoms with Crippen molar-refractivity contribution in [2.75, 3.05) is 13.2 Å². The second-order valence-corrected chi connectivity index (χ2v) is 5.15. The number of aryl methyl sites for hydroxylation is 2. The van der Waals surface area contributed by atoms with Gasteiger partial charge in [-0.2, -0.15) is 0 Å². The summed E-state index contributed by atoms with van der Waals surface area (Å²) < 4.78 is 5.57. The van der Waals surface area contributed by atoms with Gasteiger partial charge in [0.1, 0.15) is 5.75 Å². The highest BCUT2D eigenvalue weighted by atomic mass is 35.5. The zero-order valence-electron chi connectivity index (χ0n) is 11.9. The fourth-order valence-corrected chi connectivity index (χ4v) is 1.63. The van der Waals surface area contributed by atoms with Gasteiger partial charge in [0.2, 0.25) is 0 Å². The molecule has 0 saturated heterocycles. The van der Waals surface area contributed by atoms with Crippen molar-refractivity contribution >= 4 is 18.3 Å². The summed E-state index contributed by atoms with van der Waals surface area (Å²) in [6.07, 6.45) is 0. The molecule has 0 fully saturated rings. The Morgan fingerprint density at radius 2 is 1.84 bits per heavy atom. The van der Waals surface area contributed by atoms with E-state index in [0.29, 0.717) is 6.54 Å². The Morgan fingerprint density at radius 1 is 1.32 bits per heavy atom. The number of halogens is 1. The topological polar surface area (TPSA) is 64.3 Å². The summed E-state index contributed by atoms with van der Waals surface area (Å²) in [6, 6.07) is 5.89. The van der Waals surface area contributed by atoms with E-state index in [0.717, 1.165) is 16.9 Å². The van der Waals surface area contributed by atoms with Crippen molar-refractivity contribution in [2.24, 2.45) is 5.73 Å². The zero-order chi connectivity index (χ0) is 13.8. The van der Waals surface area contributed by atoms with E-state index in [2.05, 4.69) is 5.32 Å². The molecule has 0 radical (unpaired) electrons. The minimum absolute atomic E-state index is 0. The summed E-state index contributed by atoms with van der Waals surface area (Å²) in [4.78, 5) is 11.7. The second-order valence-electron chi connectivity index (χ2n) is 5.15. The lowest BCUT2D eigenvalue weighted by molar-refractivity contribution is -0.124. The molecule has 108 valence electrons. The molecule has 1 aromatic rings. The van der Waals surface area contributed by atoms with Crippen LogP contribution in [0.4, 0.5) is 0 Å². The SMILES string of the molecule is Cc1cccc(C)c1OCC(=O)NC(C)(C)CN.Cl. The Balaban J connectivity index is 0.00000324. The van der Waals surface area contributed by atoms with Crippen molar-refractivity contribution in [3.8, 4) is 5.75 Å². The number of carbonyl (C=O) groups excluding carboxylic acids is 1. The van der Waals surface area contributed by atoms with E-state index in [1.807, 2.05) is 45.9 Å². The molecule has 0 heterocycles. The average molecular weight is 287 g/mol. The molecule has 1 rings (SSSR count). The van der Waals surface area contributed by atoms with Crippen LogP contribution in [0, 0.1) is 13.8 Å². The van der Waals surface area contributed by atoms with Gasteiger partial charge in [-0.15, -0.1) is 12.4 Å². The molecule has 4 nitrogen and oxygen atoms in total. The van der Waals surface area contributed by atoms with Gasteiger partial charge in [0, 0.05) is 12.1 Å². The summed E-state index contributed by atoms with van der Waals surface area (Å²) in [5, 5.41) is 2.83. The molecule has 19 heavy (non-hydrogen) atoms. The number of nitrogens with two attached hydrogens (primary N) is 1. The molecule has 0 saturated carbocycles. The maximum absolute atomic E-state index is 11.7. The van der Waals surface area contributed by atoms with Crippen LogP contribution in [0.5, 0.6) is 5.75 Å². The first-order valence-corrected chi connectivity index (χ1v) is 6.06. The third-order valence-corrected chi connectivity index (χ3v) is 2.74. The first-order chi connectivity index (χ1) is 8.35. The number of rotatable bonds is 5. The highest BCUT2D eigenvalue weighted by Gasteiger charge is 2.18. The molecular weight excluding hydrogens is 264 g/mol. The van der Waals surface area contributed by atoms with Crippen molar-refractivity contribution in [1.82, 2.24) is 5.32 Å². The van der Waals surface area contributed by atoms with Crippen LogP contribution in [0.15, 0.2) is 18.2 Å². The fourth-order valence-electron chi connectivity index (χ4n) is 1.63. The maximum Gasteiger partial charge on any atom is 0.258 e. The summed E-state index contributed by atoms with van der Waals surface area (Å²) in [5.41, 5.74) is 7.21. The molecule has 0 spiro atoms. The van der Waals surface area contributed by atoms with E-state index in [1.165, 1.54) is 0 Å². The van der Waals surface area contributed by atoms with Crippen molar-refractivity contribution in [2.45, 2.75) is 33.2 Å². The minimum atomic E-state index is -0.402. The number of hydrogen-bond donors (Lipinski definition) is 2. The molecule has 0 atom stereocenters. The Labute approximate surface area is 121 Å². The molecule has 3 N–H and O–H groups in total. The van der Waals surface area contributed by atoms with Crippen molar-refractivity contribution in [1.29, 1.82) is 0 Å². The minimum Gasteiger partial charge on any atom is -0.483 e. The normalized spacial score (nSPS) is 10.6. The molecule has 0 aliphatic rings. The number of carbonyl (C=O) groups is 1. The number of hydrogen-bond acceptors (Lipinski definition) is 3. The Morgan fingerprint density at radius 3 is 2.32 bits per heavy atom. The Hall–Kier alpha value is -1.26. The molecule has 0 bridgehead atoms. The van der Waals surface area contributed by atoms with Crippen LogP contribution in [0.25, 0.3) is 0 Å². The summed E-state index contributed by atoms with van der Waals surface area (Å²) in [5.74, 6) is 0.617. The molecular formula is C14H23ClN2O2. The highest BCUT2D eigenvalue weighted by molar-refractivity contribution is 5.85. The van der Waals surface area contributed by atoms with Gasteiger partial charge >= 0.3 is 0 Å². The largest absolute Gasteiger partial charge is 0.483 e. The summed E-state index contributed by atoms with van der Waals surface area (Å²) >= 11 is 0. The Bertz CT molecular complexity index is 413. The van der Waals surface area contributed by atoms with E-state index in [9.17, 15) is 4.79 Å². The highest BCUT2D eigenvalue weighted by Crippen LogP contribution is 2.22. The third-order valence-electron chi connectivity index (χ3n) is 2.74. The van der Waals surface area contributed by atoms with Crippen LogP contribution in [-0.4, -0.2) is 24.6 Å². The lowest BCUT2D eigenvalue weighted by Crippen LogP contribution is -2.50. The van der Waals surface area contributed by atoms with E-state index < -0.39 is 5.54 Å². The van der Waals surface area contributed by atoms with Gasteiger partial charge in [0.25, 0.3) is 5.91 Å². The number of amides is 1. The maximum atomic E-state index is 11.7. The van der Waals surface area contributed by atoms with Gasteiger partial charge in [0.15, 0.2) is 6.61 Å². The van der Waals surface area contributed by atoms with Gasteiger partial charge < -0.3 is 15.8 Å². The van der Waals surface area contributed by atoms with Gasteiger partial charge in [-0.1, -0.05) is 18.2 Å². The number of ether oxygens (including phenoxy) is 1. The molecule has 5 heteroatoms. The van der Waals surface area contributed by atoms with Crippen LogP contribution in [0.3, 0.4) is 0 Å². The summed E-state index contributed by atoms with van der Waals surface area (Å²) in [7, 11) is 0. The van der Waals surface area contributed by atoms with Crippen LogP contribution < -0.4 is 15.8 Å². The zero-order valence-corrected chi connectivity index (χ0v) is 12.8. The van der Waals surface area contributed by atoms with Crippen molar-refractivity contribution in [3.05, 3.63) is 29.3 Å². The van der Waals surface area contributed by atoms with E-state index in [1.54, 1.807) is 0 Å². The monoisotopic (exact) mass is 286 g/mol. The third kappa shape index (κ3) is 5.49. The molecule has 0 aromatic heterocycles. The van der Waals surface area contributed by atoms with Gasteiger partial charge in [-0.3, -0.25) is 4.79 Å². The van der Waals surface area contributed by atoms with Gasteiger partial charge in [-0.25, -0.2) is 0 Å². The quantitative estimate of drug-likeness (QED) is 0.870. The first-order valence-electron chi connectivity index (χ1n) is 6.06. The lowest BCUT2D eigenvalue weighted by Gasteiger charge is -2.24. The van der Waals surface area contributed by atoms with E-state index in [-0.39, 0.29) is 24.9 Å². The van der Waals surface area contributed by atoms with Crippen LogP contribution in [0.2, 0.25) is 0 Å². The number of nitrogens with one attached hydrogen (secondary N) is 1. The fraction of sp³-hybridized carbons (Fsp3) is 0.500. The van der Waals surface area contributed by atoms with Crippen LogP contribution in [0.1, 0.15) is 25.0 Å². The predicted molar refractivity (Wildman–Crippen MR) is 79.9 cm³/mol. The molecule has 1 amide bonds. The second kappa shape index (κ2) is 7.36. The Kier molecular flexibility index (Phi) is 6.87. The van der Waals surface area contributed by atoms with Crippen molar-refractivity contribution in [3.63, 3.8) is 0 Å². The van der Waals surface area contributed by atoms with Gasteiger partial charge in [-0.05, 0) is 38.8 Å². The molecule has 1 aromatic carbocycles. The smallest absolute Gasteiger partial charge is 0.258 e.